The van der Waals surface area contributed by atoms with Gasteiger partial charge in [0, 0.05) is 23.5 Å². The number of ketones is 1. The second kappa shape index (κ2) is 7.33. The lowest BCUT2D eigenvalue weighted by atomic mass is 10.1. The highest BCUT2D eigenvalue weighted by Crippen LogP contribution is 2.37. The van der Waals surface area contributed by atoms with Crippen molar-refractivity contribution in [1.82, 2.24) is 4.57 Å². The normalized spacial score (nSPS) is 11.1. The molecule has 26 heavy (non-hydrogen) atoms. The molecule has 2 aromatic heterocycles. The average Bonchev–Trinajstić information content (AvgIpc) is 3.20. The number of benzene rings is 1. The molecule has 0 bridgehead atoms. The summed E-state index contributed by atoms with van der Waals surface area (Å²) in [6.07, 6.45) is 2.26. The number of carbonyl (C=O) groups excluding carboxylic acids is 1. The SMILES string of the molecule is COc1c(C(=O)c2ccc(Cc3ccc(F)cc3)s2)cn(C(C)C)c1O. The molecule has 0 aliphatic heterocycles. The number of hydrogen-bond acceptors (Lipinski definition) is 4. The van der Waals surface area contributed by atoms with Crippen LogP contribution in [0, 0.1) is 5.82 Å². The molecular formula is C20H20FNO3S. The molecule has 1 N–H and O–H groups in total. The van der Waals surface area contributed by atoms with Crippen molar-refractivity contribution in [2.45, 2.75) is 26.3 Å². The van der Waals surface area contributed by atoms with Gasteiger partial charge < -0.3 is 14.4 Å². The minimum absolute atomic E-state index is 0.00261. The molecule has 0 spiro atoms. The molecule has 0 radical (unpaired) electrons. The maximum absolute atomic E-state index is 13.0. The summed E-state index contributed by atoms with van der Waals surface area (Å²) in [5.41, 5.74) is 1.32. The third-order valence-electron chi connectivity index (χ3n) is 4.14. The molecule has 0 aliphatic rings. The lowest BCUT2D eigenvalue weighted by molar-refractivity contribution is 0.103. The summed E-state index contributed by atoms with van der Waals surface area (Å²) < 4.78 is 19.9. The second-order valence-corrected chi connectivity index (χ2v) is 7.47. The minimum atomic E-state index is -0.266. The lowest BCUT2D eigenvalue weighted by Crippen LogP contribution is -2.00. The van der Waals surface area contributed by atoms with Crippen LogP contribution in [0.2, 0.25) is 0 Å². The summed E-state index contributed by atoms with van der Waals surface area (Å²) in [7, 11) is 1.44. The van der Waals surface area contributed by atoms with E-state index in [1.807, 2.05) is 19.9 Å². The smallest absolute Gasteiger partial charge is 0.235 e. The van der Waals surface area contributed by atoms with Crippen LogP contribution in [-0.4, -0.2) is 22.6 Å². The number of halogens is 1. The van der Waals surface area contributed by atoms with Gasteiger partial charge in [0.25, 0.3) is 0 Å². The van der Waals surface area contributed by atoms with Gasteiger partial charge in [0.1, 0.15) is 5.82 Å². The maximum atomic E-state index is 13.0. The van der Waals surface area contributed by atoms with E-state index in [1.54, 1.807) is 29.0 Å². The van der Waals surface area contributed by atoms with Gasteiger partial charge in [-0.05, 0) is 43.7 Å². The number of nitrogens with zero attached hydrogens (tertiary/aromatic N) is 1. The van der Waals surface area contributed by atoms with Gasteiger partial charge in [-0.25, -0.2) is 4.39 Å². The molecular weight excluding hydrogens is 353 g/mol. The quantitative estimate of drug-likeness (QED) is 0.631. The van der Waals surface area contributed by atoms with Crippen LogP contribution >= 0.6 is 11.3 Å². The molecule has 0 atom stereocenters. The number of thiophene rings is 1. The Labute approximate surface area is 155 Å². The summed E-state index contributed by atoms with van der Waals surface area (Å²) in [5.74, 6) is -0.310. The highest BCUT2D eigenvalue weighted by Gasteiger charge is 2.24. The lowest BCUT2D eigenvalue weighted by Gasteiger charge is -2.08. The Bertz CT molecular complexity index is 925. The largest absolute Gasteiger partial charge is 0.492 e. The van der Waals surface area contributed by atoms with Gasteiger partial charge in [-0.3, -0.25) is 4.79 Å². The van der Waals surface area contributed by atoms with Crippen LogP contribution in [0.5, 0.6) is 11.6 Å². The van der Waals surface area contributed by atoms with E-state index in [9.17, 15) is 14.3 Å². The van der Waals surface area contributed by atoms with E-state index in [4.69, 9.17) is 4.74 Å². The second-order valence-electron chi connectivity index (χ2n) is 6.30. The Morgan fingerprint density at radius 2 is 1.92 bits per heavy atom. The first-order chi connectivity index (χ1) is 12.4. The molecule has 0 unspecified atom stereocenters. The van der Waals surface area contributed by atoms with Crippen molar-refractivity contribution in [3.05, 3.63) is 69.3 Å². The maximum Gasteiger partial charge on any atom is 0.235 e. The summed E-state index contributed by atoms with van der Waals surface area (Å²) in [4.78, 5) is 14.5. The van der Waals surface area contributed by atoms with E-state index in [-0.39, 0.29) is 29.3 Å². The fourth-order valence-corrected chi connectivity index (χ4v) is 3.78. The molecule has 6 heteroatoms. The molecule has 0 saturated carbocycles. The van der Waals surface area contributed by atoms with Crippen molar-refractivity contribution >= 4 is 17.1 Å². The monoisotopic (exact) mass is 373 g/mol. The zero-order chi connectivity index (χ0) is 18.8. The van der Waals surface area contributed by atoms with Crippen molar-refractivity contribution in [2.75, 3.05) is 7.11 Å². The molecule has 0 amide bonds. The van der Waals surface area contributed by atoms with Gasteiger partial charge in [0.05, 0.1) is 17.6 Å². The van der Waals surface area contributed by atoms with Crippen molar-refractivity contribution in [3.63, 3.8) is 0 Å². The molecule has 0 saturated heterocycles. The van der Waals surface area contributed by atoms with Crippen molar-refractivity contribution in [1.29, 1.82) is 0 Å². The van der Waals surface area contributed by atoms with Crippen molar-refractivity contribution < 1.29 is 19.0 Å². The fraction of sp³-hybridized carbons (Fsp3) is 0.250. The zero-order valence-corrected chi connectivity index (χ0v) is 15.6. The van der Waals surface area contributed by atoms with Gasteiger partial charge in [-0.2, -0.15) is 0 Å². The number of hydrogen-bond donors (Lipinski definition) is 1. The highest BCUT2D eigenvalue weighted by molar-refractivity contribution is 7.14. The standard InChI is InChI=1S/C20H20FNO3S/c1-12(2)22-11-16(19(25-3)20(22)24)18(23)17-9-8-15(26-17)10-13-4-6-14(21)7-5-13/h4-9,11-12,24H,10H2,1-3H3. The predicted octanol–water partition coefficient (Wildman–Crippen LogP) is 4.81. The number of methoxy groups -OCH3 is 1. The highest BCUT2D eigenvalue weighted by atomic mass is 32.1. The summed E-state index contributed by atoms with van der Waals surface area (Å²) in [6.45, 7) is 3.83. The summed E-state index contributed by atoms with van der Waals surface area (Å²) >= 11 is 1.39. The Morgan fingerprint density at radius 3 is 2.54 bits per heavy atom. The number of ether oxygens (including phenoxy) is 1. The van der Waals surface area contributed by atoms with Crippen LogP contribution in [-0.2, 0) is 6.42 Å². The molecule has 0 fully saturated rings. The van der Waals surface area contributed by atoms with Crippen LogP contribution in [0.1, 0.15) is 45.6 Å². The average molecular weight is 373 g/mol. The van der Waals surface area contributed by atoms with E-state index >= 15 is 0 Å². The summed E-state index contributed by atoms with van der Waals surface area (Å²) in [6, 6.07) is 10.0. The number of carbonyl (C=O) groups is 1. The Hall–Kier alpha value is -2.60. The van der Waals surface area contributed by atoms with Crippen LogP contribution in [0.4, 0.5) is 4.39 Å². The van der Waals surface area contributed by atoms with Gasteiger partial charge >= 0.3 is 0 Å². The van der Waals surface area contributed by atoms with Crippen LogP contribution in [0.15, 0.2) is 42.6 Å². The molecule has 3 rings (SSSR count). The van der Waals surface area contributed by atoms with E-state index in [0.717, 1.165) is 10.4 Å². The first-order valence-electron chi connectivity index (χ1n) is 8.26. The number of rotatable bonds is 6. The predicted molar refractivity (Wildman–Crippen MR) is 100.0 cm³/mol. The summed E-state index contributed by atoms with van der Waals surface area (Å²) in [5, 5.41) is 10.3. The van der Waals surface area contributed by atoms with Gasteiger partial charge in [-0.15, -0.1) is 11.3 Å². The molecule has 4 nitrogen and oxygen atoms in total. The molecule has 3 aromatic rings. The minimum Gasteiger partial charge on any atom is -0.492 e. The third-order valence-corrected chi connectivity index (χ3v) is 5.23. The molecule has 1 aromatic carbocycles. The van der Waals surface area contributed by atoms with E-state index in [1.165, 1.54) is 30.6 Å². The molecule has 2 heterocycles. The van der Waals surface area contributed by atoms with E-state index < -0.39 is 0 Å². The van der Waals surface area contributed by atoms with Crippen molar-refractivity contribution in [3.8, 4) is 11.6 Å². The number of aromatic hydroxyl groups is 1. The molecule has 0 aliphatic carbocycles. The molecule has 136 valence electrons. The Balaban J connectivity index is 1.86. The third kappa shape index (κ3) is 3.51. The first kappa shape index (κ1) is 18.2. The fourth-order valence-electron chi connectivity index (χ4n) is 2.78. The Kier molecular flexibility index (Phi) is 5.13. The Morgan fingerprint density at radius 1 is 1.23 bits per heavy atom. The van der Waals surface area contributed by atoms with E-state index in [0.29, 0.717) is 16.9 Å². The first-order valence-corrected chi connectivity index (χ1v) is 9.08. The van der Waals surface area contributed by atoms with Crippen LogP contribution in [0.25, 0.3) is 0 Å². The van der Waals surface area contributed by atoms with E-state index in [2.05, 4.69) is 0 Å². The zero-order valence-electron chi connectivity index (χ0n) is 14.8. The van der Waals surface area contributed by atoms with Crippen LogP contribution in [0.3, 0.4) is 0 Å². The van der Waals surface area contributed by atoms with Gasteiger partial charge in [0.2, 0.25) is 11.7 Å². The number of aromatic nitrogens is 1. The van der Waals surface area contributed by atoms with Crippen LogP contribution < -0.4 is 4.74 Å². The van der Waals surface area contributed by atoms with Crippen molar-refractivity contribution in [2.24, 2.45) is 0 Å². The van der Waals surface area contributed by atoms with Gasteiger partial charge in [0.15, 0.2) is 5.75 Å². The topological polar surface area (TPSA) is 51.5 Å². The van der Waals surface area contributed by atoms with Gasteiger partial charge in [-0.1, -0.05) is 12.1 Å².